The van der Waals surface area contributed by atoms with E-state index in [1.54, 1.807) is 0 Å². The fourth-order valence-corrected chi connectivity index (χ4v) is 3.90. The van der Waals surface area contributed by atoms with E-state index in [1.165, 1.54) is 6.07 Å². The number of anilines is 1. The highest BCUT2D eigenvalue weighted by atomic mass is 32.2. The van der Waals surface area contributed by atoms with Gasteiger partial charge in [-0.3, -0.25) is 4.21 Å². The molecule has 0 aliphatic heterocycles. The van der Waals surface area contributed by atoms with E-state index < -0.39 is 22.5 Å². The average molecular weight is 291 g/mol. The van der Waals surface area contributed by atoms with Crippen molar-refractivity contribution in [2.45, 2.75) is 36.8 Å². The van der Waals surface area contributed by atoms with Crippen LogP contribution < -0.4 is 5.73 Å². The minimum atomic E-state index is -4.42. The third-order valence-electron chi connectivity index (χ3n) is 3.44. The zero-order valence-electron chi connectivity index (χ0n) is 10.4. The summed E-state index contributed by atoms with van der Waals surface area (Å²) in [4.78, 5) is 0.319. The first-order valence-corrected chi connectivity index (χ1v) is 7.55. The number of nitrogen functional groups attached to an aromatic ring is 1. The van der Waals surface area contributed by atoms with Crippen LogP contribution in [0.3, 0.4) is 0 Å². The molecule has 1 fully saturated rings. The van der Waals surface area contributed by atoms with Crippen LogP contribution >= 0.6 is 0 Å². The summed E-state index contributed by atoms with van der Waals surface area (Å²) in [6, 6.07) is 3.04. The van der Waals surface area contributed by atoms with Crippen molar-refractivity contribution in [2.75, 3.05) is 11.5 Å². The molecule has 1 aliphatic rings. The highest BCUT2D eigenvalue weighted by Gasteiger charge is 2.31. The maximum Gasteiger partial charge on any atom is 0.416 e. The smallest absolute Gasteiger partial charge is 0.398 e. The van der Waals surface area contributed by atoms with Crippen LogP contribution in [0.2, 0.25) is 0 Å². The summed E-state index contributed by atoms with van der Waals surface area (Å²) in [5, 5.41) is 0. The zero-order valence-corrected chi connectivity index (χ0v) is 11.2. The van der Waals surface area contributed by atoms with Gasteiger partial charge in [-0.1, -0.05) is 12.8 Å². The van der Waals surface area contributed by atoms with Crippen molar-refractivity contribution in [1.29, 1.82) is 0 Å². The van der Waals surface area contributed by atoms with E-state index in [0.29, 0.717) is 16.6 Å². The second-order valence-electron chi connectivity index (χ2n) is 4.91. The van der Waals surface area contributed by atoms with Gasteiger partial charge in [0, 0.05) is 11.4 Å². The summed E-state index contributed by atoms with van der Waals surface area (Å²) >= 11 is 0. The lowest BCUT2D eigenvalue weighted by Gasteiger charge is -2.12. The molecule has 19 heavy (non-hydrogen) atoms. The van der Waals surface area contributed by atoms with Crippen molar-refractivity contribution >= 4 is 16.5 Å². The van der Waals surface area contributed by atoms with Crippen LogP contribution in [0, 0.1) is 5.92 Å². The molecule has 1 unspecified atom stereocenters. The number of hydrogen-bond acceptors (Lipinski definition) is 2. The van der Waals surface area contributed by atoms with Gasteiger partial charge in [-0.25, -0.2) is 0 Å². The number of alkyl halides is 3. The molecule has 106 valence electrons. The standard InChI is InChI=1S/C13H16F3NOS/c14-13(15,16)10-5-6-12(11(17)7-10)19(18)8-9-3-1-2-4-9/h5-7,9H,1-4,8,17H2. The zero-order chi connectivity index (χ0) is 14.0. The highest BCUT2D eigenvalue weighted by molar-refractivity contribution is 7.85. The average Bonchev–Trinajstić information content (AvgIpc) is 2.80. The molecule has 1 atom stereocenters. The van der Waals surface area contributed by atoms with E-state index in [-0.39, 0.29) is 5.69 Å². The number of nitrogens with two attached hydrogens (primary N) is 1. The second-order valence-corrected chi connectivity index (χ2v) is 6.38. The van der Waals surface area contributed by atoms with E-state index in [2.05, 4.69) is 0 Å². The molecule has 2 N–H and O–H groups in total. The van der Waals surface area contributed by atoms with Gasteiger partial charge in [0.2, 0.25) is 0 Å². The molecule has 1 aromatic carbocycles. The molecule has 0 spiro atoms. The lowest BCUT2D eigenvalue weighted by Crippen LogP contribution is -2.11. The van der Waals surface area contributed by atoms with E-state index in [9.17, 15) is 17.4 Å². The molecule has 1 aliphatic carbocycles. The molecule has 0 heterocycles. The maximum absolute atomic E-state index is 12.5. The molecular formula is C13H16F3NOS. The Morgan fingerprint density at radius 3 is 2.42 bits per heavy atom. The Morgan fingerprint density at radius 2 is 1.89 bits per heavy atom. The Balaban J connectivity index is 2.14. The third kappa shape index (κ3) is 3.49. The molecule has 0 radical (unpaired) electrons. The molecule has 1 aromatic rings. The Bertz CT molecular complexity index is 481. The van der Waals surface area contributed by atoms with E-state index in [1.807, 2.05) is 0 Å². The van der Waals surface area contributed by atoms with Gasteiger partial charge in [-0.05, 0) is 37.0 Å². The Labute approximate surface area is 112 Å². The SMILES string of the molecule is Nc1cc(C(F)(F)F)ccc1S(=O)CC1CCCC1. The van der Waals surface area contributed by atoms with Gasteiger partial charge in [-0.2, -0.15) is 13.2 Å². The maximum atomic E-state index is 12.5. The quantitative estimate of drug-likeness (QED) is 0.865. The van der Waals surface area contributed by atoms with Crippen LogP contribution in [-0.4, -0.2) is 9.96 Å². The lowest BCUT2D eigenvalue weighted by atomic mass is 10.1. The van der Waals surface area contributed by atoms with Gasteiger partial charge in [0.1, 0.15) is 0 Å². The van der Waals surface area contributed by atoms with Gasteiger partial charge < -0.3 is 5.73 Å². The summed E-state index contributed by atoms with van der Waals surface area (Å²) in [6.45, 7) is 0. The Kier molecular flexibility index (Phi) is 4.18. The van der Waals surface area contributed by atoms with Gasteiger partial charge >= 0.3 is 6.18 Å². The van der Waals surface area contributed by atoms with Gasteiger partial charge in [0.15, 0.2) is 0 Å². The van der Waals surface area contributed by atoms with Crippen molar-refractivity contribution in [3.05, 3.63) is 23.8 Å². The van der Waals surface area contributed by atoms with Crippen LogP contribution in [0.5, 0.6) is 0 Å². The van der Waals surface area contributed by atoms with Crippen molar-refractivity contribution in [3.8, 4) is 0 Å². The van der Waals surface area contributed by atoms with Gasteiger partial charge in [0.25, 0.3) is 0 Å². The van der Waals surface area contributed by atoms with E-state index in [4.69, 9.17) is 5.73 Å². The second kappa shape index (κ2) is 5.53. The molecule has 2 nitrogen and oxygen atoms in total. The van der Waals surface area contributed by atoms with Crippen molar-refractivity contribution in [3.63, 3.8) is 0 Å². The first-order valence-electron chi connectivity index (χ1n) is 6.23. The minimum absolute atomic E-state index is 0.0360. The van der Waals surface area contributed by atoms with Crippen LogP contribution in [-0.2, 0) is 17.0 Å². The van der Waals surface area contributed by atoms with Crippen LogP contribution in [0.4, 0.5) is 18.9 Å². The first-order chi connectivity index (χ1) is 8.88. The highest BCUT2D eigenvalue weighted by Crippen LogP contribution is 2.33. The summed E-state index contributed by atoms with van der Waals surface area (Å²) in [5.74, 6) is 0.901. The Hall–Kier alpha value is -1.04. The summed E-state index contributed by atoms with van der Waals surface area (Å²) in [5.41, 5.74) is 4.76. The summed E-state index contributed by atoms with van der Waals surface area (Å²) < 4.78 is 49.6. The van der Waals surface area contributed by atoms with Crippen LogP contribution in [0.25, 0.3) is 0 Å². The number of halogens is 3. The first kappa shape index (κ1) is 14.4. The normalized spacial score (nSPS) is 18.7. The monoisotopic (exact) mass is 291 g/mol. The van der Waals surface area contributed by atoms with E-state index in [0.717, 1.165) is 37.8 Å². The topological polar surface area (TPSA) is 43.1 Å². The third-order valence-corrected chi connectivity index (χ3v) is 5.08. The van der Waals surface area contributed by atoms with E-state index >= 15 is 0 Å². The van der Waals surface area contributed by atoms with Crippen molar-refractivity contribution in [1.82, 2.24) is 0 Å². The molecule has 1 saturated carbocycles. The van der Waals surface area contributed by atoms with Crippen molar-refractivity contribution in [2.24, 2.45) is 5.92 Å². The van der Waals surface area contributed by atoms with Gasteiger partial charge in [0.05, 0.1) is 21.3 Å². The van der Waals surface area contributed by atoms with Crippen molar-refractivity contribution < 1.29 is 17.4 Å². The predicted molar refractivity (Wildman–Crippen MR) is 69.1 cm³/mol. The molecular weight excluding hydrogens is 275 g/mol. The molecule has 6 heteroatoms. The summed E-state index contributed by atoms with van der Waals surface area (Å²) in [7, 11) is -1.31. The fourth-order valence-electron chi connectivity index (χ4n) is 2.41. The lowest BCUT2D eigenvalue weighted by molar-refractivity contribution is -0.137. The Morgan fingerprint density at radius 1 is 1.26 bits per heavy atom. The predicted octanol–water partition coefficient (Wildman–Crippen LogP) is 3.59. The molecule has 0 bridgehead atoms. The molecule has 0 amide bonds. The van der Waals surface area contributed by atoms with Crippen LogP contribution in [0.15, 0.2) is 23.1 Å². The molecule has 0 aromatic heterocycles. The number of benzene rings is 1. The molecule has 2 rings (SSSR count). The number of hydrogen-bond donors (Lipinski definition) is 1. The fraction of sp³-hybridized carbons (Fsp3) is 0.538. The minimum Gasteiger partial charge on any atom is -0.398 e. The molecule has 0 saturated heterocycles. The van der Waals surface area contributed by atoms with Gasteiger partial charge in [-0.15, -0.1) is 0 Å². The van der Waals surface area contributed by atoms with Crippen LogP contribution in [0.1, 0.15) is 31.2 Å². The largest absolute Gasteiger partial charge is 0.416 e. The number of rotatable bonds is 3. The summed E-state index contributed by atoms with van der Waals surface area (Å²) in [6.07, 6.45) is -0.0348.